The first-order valence-electron chi connectivity index (χ1n) is 6.17. The molecule has 0 radical (unpaired) electrons. The number of hydrogen-bond donors (Lipinski definition) is 0. The van der Waals surface area contributed by atoms with Crippen LogP contribution in [-0.4, -0.2) is 30.7 Å². The lowest BCUT2D eigenvalue weighted by Crippen LogP contribution is -2.36. The van der Waals surface area contributed by atoms with E-state index in [0.29, 0.717) is 12.8 Å². The molecule has 0 saturated heterocycles. The van der Waals surface area contributed by atoms with E-state index in [9.17, 15) is 18.5 Å². The van der Waals surface area contributed by atoms with E-state index in [4.69, 9.17) is 11.6 Å². The molecule has 1 aromatic carbocycles. The molecule has 0 heterocycles. The molecule has 0 aromatic heterocycles. The second-order valence-corrected chi connectivity index (χ2v) is 6.77. The van der Waals surface area contributed by atoms with Gasteiger partial charge < -0.3 is 0 Å². The summed E-state index contributed by atoms with van der Waals surface area (Å²) >= 11 is 5.69. The molecule has 0 saturated carbocycles. The van der Waals surface area contributed by atoms with E-state index >= 15 is 0 Å². The maximum atomic E-state index is 12.4. The van der Waals surface area contributed by atoms with Crippen LogP contribution in [0.5, 0.6) is 0 Å². The smallest absolute Gasteiger partial charge is 0.258 e. The molecule has 0 N–H and O–H groups in total. The van der Waals surface area contributed by atoms with E-state index < -0.39 is 20.6 Å². The van der Waals surface area contributed by atoms with E-state index in [2.05, 4.69) is 0 Å². The first-order valence-corrected chi connectivity index (χ1v) is 7.99. The van der Waals surface area contributed by atoms with E-state index in [1.54, 1.807) is 0 Å². The van der Waals surface area contributed by atoms with Crippen molar-refractivity contribution in [1.29, 1.82) is 0 Å². The van der Waals surface area contributed by atoms with Gasteiger partial charge in [-0.1, -0.05) is 25.4 Å². The predicted molar refractivity (Wildman–Crippen MR) is 77.4 cm³/mol. The monoisotopic (exact) mass is 320 g/mol. The quantitative estimate of drug-likeness (QED) is 0.596. The number of hydrogen-bond acceptors (Lipinski definition) is 4. The summed E-state index contributed by atoms with van der Waals surface area (Å²) in [4.78, 5) is 10.0. The van der Waals surface area contributed by atoms with Crippen LogP contribution in [-0.2, 0) is 10.0 Å². The predicted octanol–water partition coefficient (Wildman–Crippen LogP) is 3.06. The summed E-state index contributed by atoms with van der Waals surface area (Å²) < 4.78 is 26.1. The molecule has 1 aromatic rings. The van der Waals surface area contributed by atoms with Crippen molar-refractivity contribution < 1.29 is 13.3 Å². The zero-order valence-corrected chi connectivity index (χ0v) is 13.1. The standard InChI is InChI=1S/C12H17ClN2O4S/c1-4-9(5-2)14(3)20(18,19)10-6-7-11(13)12(8-10)15(16)17/h6-9H,4-5H2,1-3H3. The summed E-state index contributed by atoms with van der Waals surface area (Å²) in [7, 11) is -2.29. The van der Waals surface area contributed by atoms with Gasteiger partial charge >= 0.3 is 0 Å². The number of nitro groups is 1. The molecular weight excluding hydrogens is 304 g/mol. The number of benzene rings is 1. The van der Waals surface area contributed by atoms with Gasteiger partial charge in [0, 0.05) is 19.2 Å². The molecule has 0 fully saturated rings. The van der Waals surface area contributed by atoms with Crippen LogP contribution >= 0.6 is 11.6 Å². The highest BCUT2D eigenvalue weighted by molar-refractivity contribution is 7.89. The Bertz CT molecular complexity index is 599. The molecule has 0 aliphatic heterocycles. The minimum Gasteiger partial charge on any atom is -0.258 e. The van der Waals surface area contributed by atoms with Gasteiger partial charge in [-0.25, -0.2) is 8.42 Å². The van der Waals surface area contributed by atoms with Crippen molar-refractivity contribution in [2.24, 2.45) is 0 Å². The fourth-order valence-electron chi connectivity index (χ4n) is 1.96. The molecule has 8 heteroatoms. The van der Waals surface area contributed by atoms with Crippen LogP contribution in [0.2, 0.25) is 5.02 Å². The third-order valence-corrected chi connectivity index (χ3v) is 5.47. The van der Waals surface area contributed by atoms with Gasteiger partial charge in [-0.15, -0.1) is 0 Å². The highest BCUT2D eigenvalue weighted by Crippen LogP contribution is 2.29. The average molecular weight is 321 g/mol. The Morgan fingerprint density at radius 2 is 1.90 bits per heavy atom. The van der Waals surface area contributed by atoms with Gasteiger partial charge in [0.05, 0.1) is 9.82 Å². The maximum Gasteiger partial charge on any atom is 0.289 e. The summed E-state index contributed by atoms with van der Waals surface area (Å²) in [6.07, 6.45) is 1.34. The molecule has 20 heavy (non-hydrogen) atoms. The topological polar surface area (TPSA) is 80.5 Å². The molecular formula is C12H17ClN2O4S. The SMILES string of the molecule is CCC(CC)N(C)S(=O)(=O)c1ccc(Cl)c([N+](=O)[O-])c1. The largest absolute Gasteiger partial charge is 0.289 e. The lowest BCUT2D eigenvalue weighted by atomic mass is 10.2. The number of sulfonamides is 1. The summed E-state index contributed by atoms with van der Waals surface area (Å²) in [6, 6.07) is 3.36. The summed E-state index contributed by atoms with van der Waals surface area (Å²) in [5, 5.41) is 10.7. The Morgan fingerprint density at radius 1 is 1.35 bits per heavy atom. The zero-order valence-electron chi connectivity index (χ0n) is 11.5. The van der Waals surface area contributed by atoms with Crippen LogP contribution in [0.1, 0.15) is 26.7 Å². The van der Waals surface area contributed by atoms with E-state index in [0.717, 1.165) is 6.07 Å². The highest BCUT2D eigenvalue weighted by atomic mass is 35.5. The van der Waals surface area contributed by atoms with Crippen molar-refractivity contribution in [2.75, 3.05) is 7.05 Å². The Hall–Kier alpha value is -1.18. The van der Waals surface area contributed by atoms with Gasteiger partial charge in [0.1, 0.15) is 5.02 Å². The van der Waals surface area contributed by atoms with Gasteiger partial charge in [-0.2, -0.15) is 4.31 Å². The summed E-state index contributed by atoms with van der Waals surface area (Å²) in [5.74, 6) is 0. The normalized spacial score (nSPS) is 12.1. The molecule has 0 spiro atoms. The number of halogens is 1. The van der Waals surface area contributed by atoms with Gasteiger partial charge in [-0.05, 0) is 25.0 Å². The number of nitrogens with zero attached hydrogens (tertiary/aromatic N) is 2. The zero-order chi connectivity index (χ0) is 15.5. The molecule has 0 aliphatic carbocycles. The van der Waals surface area contributed by atoms with Gasteiger partial charge in [0.15, 0.2) is 0 Å². The number of nitro benzene ring substituents is 1. The molecule has 0 bridgehead atoms. The minimum atomic E-state index is -3.76. The van der Waals surface area contributed by atoms with Crippen LogP contribution in [0.15, 0.2) is 23.1 Å². The van der Waals surface area contributed by atoms with Crippen LogP contribution in [0.4, 0.5) is 5.69 Å². The van der Waals surface area contributed by atoms with Crippen molar-refractivity contribution in [3.63, 3.8) is 0 Å². The minimum absolute atomic E-state index is 0.0841. The molecule has 1 rings (SSSR count). The van der Waals surface area contributed by atoms with Crippen LogP contribution in [0, 0.1) is 10.1 Å². The van der Waals surface area contributed by atoms with Crippen molar-refractivity contribution in [2.45, 2.75) is 37.6 Å². The van der Waals surface area contributed by atoms with Crippen molar-refractivity contribution >= 4 is 27.3 Å². The van der Waals surface area contributed by atoms with Crippen molar-refractivity contribution in [3.05, 3.63) is 33.3 Å². The maximum absolute atomic E-state index is 12.4. The lowest BCUT2D eigenvalue weighted by Gasteiger charge is -2.25. The van der Waals surface area contributed by atoms with E-state index in [1.807, 2.05) is 13.8 Å². The third kappa shape index (κ3) is 3.28. The average Bonchev–Trinajstić information content (AvgIpc) is 2.39. The first-order chi connectivity index (χ1) is 9.25. The van der Waals surface area contributed by atoms with Gasteiger partial charge in [0.2, 0.25) is 10.0 Å². The molecule has 0 unspecified atom stereocenters. The third-order valence-electron chi connectivity index (χ3n) is 3.25. The molecule has 6 nitrogen and oxygen atoms in total. The molecule has 0 amide bonds. The molecule has 0 atom stereocenters. The Morgan fingerprint density at radius 3 is 2.35 bits per heavy atom. The highest BCUT2D eigenvalue weighted by Gasteiger charge is 2.28. The Balaban J connectivity index is 3.29. The molecule has 0 aliphatic rings. The van der Waals surface area contributed by atoms with Crippen molar-refractivity contribution in [1.82, 2.24) is 4.31 Å². The first kappa shape index (κ1) is 16.9. The van der Waals surface area contributed by atoms with E-state index in [1.165, 1.54) is 23.5 Å². The fraction of sp³-hybridized carbons (Fsp3) is 0.500. The molecule has 112 valence electrons. The Kier molecular flexibility index (Phi) is 5.50. The summed E-state index contributed by atoms with van der Waals surface area (Å²) in [5.41, 5.74) is -0.411. The van der Waals surface area contributed by atoms with Crippen LogP contribution in [0.3, 0.4) is 0 Å². The Labute approximate surface area is 123 Å². The second kappa shape index (κ2) is 6.51. The van der Waals surface area contributed by atoms with Crippen molar-refractivity contribution in [3.8, 4) is 0 Å². The lowest BCUT2D eigenvalue weighted by molar-refractivity contribution is -0.384. The van der Waals surface area contributed by atoms with Gasteiger partial charge in [-0.3, -0.25) is 10.1 Å². The fourth-order valence-corrected chi connectivity index (χ4v) is 3.67. The van der Waals surface area contributed by atoms with Crippen LogP contribution in [0.25, 0.3) is 0 Å². The second-order valence-electron chi connectivity index (χ2n) is 4.36. The van der Waals surface area contributed by atoms with Gasteiger partial charge in [0.25, 0.3) is 5.69 Å². The van der Waals surface area contributed by atoms with Crippen LogP contribution < -0.4 is 0 Å². The van der Waals surface area contributed by atoms with E-state index in [-0.39, 0.29) is 16.0 Å². The number of rotatable bonds is 6. The summed E-state index contributed by atoms with van der Waals surface area (Å²) in [6.45, 7) is 3.79.